The normalized spacial score (nSPS) is 15.7. The van der Waals surface area contributed by atoms with E-state index in [1.165, 1.54) is 19.2 Å². The molecule has 7 nitrogen and oxygen atoms in total. The van der Waals surface area contributed by atoms with Gasteiger partial charge < -0.3 is 9.47 Å². The molecule has 10 heteroatoms. The second kappa shape index (κ2) is 9.17. The molecule has 3 rings (SSSR count). The minimum atomic E-state index is -3.95. The van der Waals surface area contributed by atoms with E-state index in [2.05, 4.69) is 4.83 Å². The molecule has 0 aliphatic carbocycles. The number of methoxy groups -OCH3 is 1. The standard InChI is InChI=1S/C20H20N2O5S3/c1-4-27-16-10-7-14(11-17(16)26-3)12-18-19(23)22(20(28)29-18)21-30(24,25)15-8-5-13(2)6-9-15/h5-12,21H,4H2,1-3H3/b18-12-. The number of thioether (sulfide) groups is 1. The molecule has 1 aliphatic heterocycles. The van der Waals surface area contributed by atoms with Crippen molar-refractivity contribution in [3.63, 3.8) is 0 Å². The van der Waals surface area contributed by atoms with Gasteiger partial charge in [-0.25, -0.2) is 13.4 Å². The zero-order chi connectivity index (χ0) is 21.9. The van der Waals surface area contributed by atoms with Gasteiger partial charge in [-0.05, 0) is 49.8 Å². The van der Waals surface area contributed by atoms with Crippen LogP contribution in [0.3, 0.4) is 0 Å². The summed E-state index contributed by atoms with van der Waals surface area (Å²) in [6.45, 7) is 4.22. The number of aryl methyl sites for hydroxylation is 1. The summed E-state index contributed by atoms with van der Waals surface area (Å²) in [4.78, 5) is 15.4. The Labute approximate surface area is 185 Å². The largest absolute Gasteiger partial charge is 0.493 e. The van der Waals surface area contributed by atoms with Crippen molar-refractivity contribution in [2.24, 2.45) is 0 Å². The second-order valence-corrected chi connectivity index (χ2v) is 9.60. The third-order valence-electron chi connectivity index (χ3n) is 4.12. The number of nitrogens with one attached hydrogen (secondary N) is 1. The van der Waals surface area contributed by atoms with E-state index in [4.69, 9.17) is 21.7 Å². The molecule has 0 saturated carbocycles. The van der Waals surface area contributed by atoms with E-state index in [1.54, 1.807) is 36.4 Å². The fourth-order valence-electron chi connectivity index (χ4n) is 2.64. The summed E-state index contributed by atoms with van der Waals surface area (Å²) in [6.07, 6.45) is 1.62. The fraction of sp³-hybridized carbons (Fsp3) is 0.200. The molecule has 0 bridgehead atoms. The van der Waals surface area contributed by atoms with Crippen LogP contribution in [0, 0.1) is 6.92 Å². The van der Waals surface area contributed by atoms with Crippen LogP contribution in [0.15, 0.2) is 52.3 Å². The Morgan fingerprint density at radius 3 is 2.50 bits per heavy atom. The van der Waals surface area contributed by atoms with E-state index in [0.29, 0.717) is 23.7 Å². The molecule has 30 heavy (non-hydrogen) atoms. The van der Waals surface area contributed by atoms with Crippen LogP contribution in [0.25, 0.3) is 6.08 Å². The minimum absolute atomic E-state index is 0.0439. The monoisotopic (exact) mass is 464 g/mol. The van der Waals surface area contributed by atoms with Crippen molar-refractivity contribution in [3.05, 3.63) is 58.5 Å². The number of nitrogens with zero attached hydrogens (tertiary/aromatic N) is 1. The highest BCUT2D eigenvalue weighted by Crippen LogP contribution is 2.34. The highest BCUT2D eigenvalue weighted by Gasteiger charge is 2.35. The predicted octanol–water partition coefficient (Wildman–Crippen LogP) is 3.50. The molecule has 1 aliphatic rings. The first-order chi connectivity index (χ1) is 14.2. The zero-order valence-electron chi connectivity index (χ0n) is 16.5. The van der Waals surface area contributed by atoms with Gasteiger partial charge in [-0.2, -0.15) is 0 Å². The number of hydrazine groups is 1. The fourth-order valence-corrected chi connectivity index (χ4v) is 4.95. The SMILES string of the molecule is CCOc1ccc(/C=C2\SC(=S)N(NS(=O)(=O)c3ccc(C)cc3)C2=O)cc1OC. The lowest BCUT2D eigenvalue weighted by atomic mass is 10.2. The van der Waals surface area contributed by atoms with E-state index in [9.17, 15) is 13.2 Å². The molecule has 0 spiro atoms. The quantitative estimate of drug-likeness (QED) is 0.496. The van der Waals surface area contributed by atoms with E-state index < -0.39 is 15.9 Å². The average molecular weight is 465 g/mol. The number of hydrogen-bond acceptors (Lipinski definition) is 7. The van der Waals surface area contributed by atoms with Crippen LogP contribution in [-0.2, 0) is 14.8 Å². The van der Waals surface area contributed by atoms with Gasteiger partial charge in [-0.15, -0.1) is 4.83 Å². The van der Waals surface area contributed by atoms with Gasteiger partial charge in [0, 0.05) is 0 Å². The van der Waals surface area contributed by atoms with Crippen LogP contribution in [0.1, 0.15) is 18.1 Å². The highest BCUT2D eigenvalue weighted by molar-refractivity contribution is 8.26. The summed E-state index contributed by atoms with van der Waals surface area (Å²) < 4.78 is 36.1. The van der Waals surface area contributed by atoms with Gasteiger partial charge in [0.2, 0.25) is 0 Å². The summed E-state index contributed by atoms with van der Waals surface area (Å²) >= 11 is 6.22. The van der Waals surface area contributed by atoms with Gasteiger partial charge in [-0.3, -0.25) is 4.79 Å². The number of sulfonamides is 1. The summed E-state index contributed by atoms with van der Waals surface area (Å²) in [5.41, 5.74) is 1.62. The highest BCUT2D eigenvalue weighted by atomic mass is 32.2. The Balaban J connectivity index is 1.83. The maximum Gasteiger partial charge on any atom is 0.281 e. The molecule has 0 unspecified atom stereocenters. The second-order valence-electron chi connectivity index (χ2n) is 6.27. The third kappa shape index (κ3) is 4.84. The maximum atomic E-state index is 12.8. The number of hydrogen-bond donors (Lipinski definition) is 1. The number of thiocarbonyl (C=S) groups is 1. The van der Waals surface area contributed by atoms with Gasteiger partial charge in [0.1, 0.15) is 0 Å². The number of amides is 1. The molecule has 1 N–H and O–H groups in total. The molecule has 1 saturated heterocycles. The molecular weight excluding hydrogens is 444 g/mol. The van der Waals surface area contributed by atoms with Gasteiger partial charge in [0.15, 0.2) is 15.8 Å². The Bertz CT molecular complexity index is 1110. The molecule has 0 atom stereocenters. The van der Waals surface area contributed by atoms with Crippen LogP contribution in [0.5, 0.6) is 11.5 Å². The molecule has 1 fully saturated rings. The Kier molecular flexibility index (Phi) is 6.81. The summed E-state index contributed by atoms with van der Waals surface area (Å²) in [6, 6.07) is 11.5. The lowest BCUT2D eigenvalue weighted by molar-refractivity contribution is -0.123. The minimum Gasteiger partial charge on any atom is -0.493 e. The molecule has 1 heterocycles. The van der Waals surface area contributed by atoms with Gasteiger partial charge in [-0.1, -0.05) is 47.7 Å². The zero-order valence-corrected chi connectivity index (χ0v) is 19.0. The Morgan fingerprint density at radius 1 is 1.17 bits per heavy atom. The third-order valence-corrected chi connectivity index (χ3v) is 6.74. The number of carbonyl (C=O) groups excluding carboxylic acids is 1. The van der Waals surface area contributed by atoms with Crippen molar-refractivity contribution in [1.29, 1.82) is 0 Å². The van der Waals surface area contributed by atoms with E-state index >= 15 is 0 Å². The van der Waals surface area contributed by atoms with E-state index in [0.717, 1.165) is 22.3 Å². The van der Waals surface area contributed by atoms with Gasteiger partial charge >= 0.3 is 0 Å². The van der Waals surface area contributed by atoms with Crippen molar-refractivity contribution in [2.75, 3.05) is 13.7 Å². The van der Waals surface area contributed by atoms with Crippen LogP contribution in [0.4, 0.5) is 0 Å². The van der Waals surface area contributed by atoms with Crippen molar-refractivity contribution in [1.82, 2.24) is 9.84 Å². The summed E-state index contributed by atoms with van der Waals surface area (Å²) in [5, 5.41) is 0.868. The predicted molar refractivity (Wildman–Crippen MR) is 121 cm³/mol. The Morgan fingerprint density at radius 2 is 1.87 bits per heavy atom. The van der Waals surface area contributed by atoms with Gasteiger partial charge in [0.05, 0.1) is 23.5 Å². The first-order valence-electron chi connectivity index (χ1n) is 8.93. The molecule has 2 aromatic rings. The molecule has 0 radical (unpaired) electrons. The van der Waals surface area contributed by atoms with Crippen LogP contribution < -0.4 is 14.3 Å². The van der Waals surface area contributed by atoms with Crippen molar-refractivity contribution in [3.8, 4) is 11.5 Å². The van der Waals surface area contributed by atoms with Crippen LogP contribution in [-0.4, -0.2) is 37.4 Å². The molecule has 0 aromatic heterocycles. The summed E-state index contributed by atoms with van der Waals surface area (Å²) in [7, 11) is -2.43. The van der Waals surface area contributed by atoms with E-state index in [-0.39, 0.29) is 14.1 Å². The molecular formula is C20H20N2O5S3. The number of ether oxygens (including phenoxy) is 2. The molecule has 1 amide bonds. The van der Waals surface area contributed by atoms with Crippen LogP contribution >= 0.6 is 24.0 Å². The number of benzene rings is 2. The van der Waals surface area contributed by atoms with Crippen molar-refractivity contribution in [2.45, 2.75) is 18.7 Å². The van der Waals surface area contributed by atoms with Crippen molar-refractivity contribution < 1.29 is 22.7 Å². The first-order valence-corrected chi connectivity index (χ1v) is 11.6. The average Bonchev–Trinajstić information content (AvgIpc) is 2.96. The molecule has 2 aromatic carbocycles. The van der Waals surface area contributed by atoms with E-state index in [1.807, 2.05) is 13.8 Å². The number of rotatable bonds is 7. The number of carbonyl (C=O) groups is 1. The van der Waals surface area contributed by atoms with Crippen LogP contribution in [0.2, 0.25) is 0 Å². The first kappa shape index (κ1) is 22.3. The summed E-state index contributed by atoms with van der Waals surface area (Å²) in [5.74, 6) is 0.574. The Hall–Kier alpha value is -2.40. The smallest absolute Gasteiger partial charge is 0.281 e. The maximum absolute atomic E-state index is 12.8. The molecule has 158 valence electrons. The topological polar surface area (TPSA) is 84.9 Å². The van der Waals surface area contributed by atoms with Crippen molar-refractivity contribution >= 4 is 50.3 Å². The lowest BCUT2D eigenvalue weighted by Gasteiger charge is -2.16. The lowest BCUT2D eigenvalue weighted by Crippen LogP contribution is -2.44. The van der Waals surface area contributed by atoms with Gasteiger partial charge in [0.25, 0.3) is 15.9 Å².